The van der Waals surface area contributed by atoms with Crippen LogP contribution < -0.4 is 5.32 Å². The Morgan fingerprint density at radius 1 is 1.32 bits per heavy atom. The maximum absolute atomic E-state index is 12.1. The van der Waals surface area contributed by atoms with E-state index in [2.05, 4.69) is 27.9 Å². The van der Waals surface area contributed by atoms with Gasteiger partial charge in [0.2, 0.25) is 0 Å². The van der Waals surface area contributed by atoms with Crippen molar-refractivity contribution in [2.24, 2.45) is 0 Å². The Hall–Kier alpha value is -0.670. The van der Waals surface area contributed by atoms with Crippen molar-refractivity contribution in [2.75, 3.05) is 5.32 Å². The van der Waals surface area contributed by atoms with Crippen molar-refractivity contribution in [3.05, 3.63) is 44.2 Å². The van der Waals surface area contributed by atoms with E-state index in [1.54, 1.807) is 35.7 Å². The predicted octanol–water partition coefficient (Wildman–Crippen LogP) is 4.92. The number of amides is 1. The molecule has 0 atom stereocenters. The van der Waals surface area contributed by atoms with Crippen molar-refractivity contribution < 1.29 is 13.6 Å². The number of nitrogens with one attached hydrogen (secondary N) is 1. The van der Waals surface area contributed by atoms with E-state index in [0.717, 1.165) is 2.88 Å². The molecule has 0 saturated heterocycles. The summed E-state index contributed by atoms with van der Waals surface area (Å²) in [6.45, 7) is 0. The first kappa shape index (κ1) is 14.7. The smallest absolute Gasteiger partial charge is 0.288 e. The second-order valence-electron chi connectivity index (χ2n) is 3.50. The third-order valence-electron chi connectivity index (χ3n) is 2.17. The van der Waals surface area contributed by atoms with Crippen LogP contribution in [0.3, 0.4) is 0 Å². The van der Waals surface area contributed by atoms with Gasteiger partial charge in [-0.2, -0.15) is 8.78 Å². The predicted molar refractivity (Wildman–Crippen MR) is 83.3 cm³/mol. The van der Waals surface area contributed by atoms with Crippen LogP contribution in [0.2, 0.25) is 0 Å². The number of carbonyl (C=O) groups is 1. The van der Waals surface area contributed by atoms with Gasteiger partial charge in [0, 0.05) is 16.0 Å². The molecule has 0 bridgehead atoms. The number of rotatable bonds is 4. The standard InChI is InChI=1S/C12H8F2INOS2/c13-12(14)19-9-3-1-8(2-4-9)16-11(17)7-5-10(15)18-6-7/h1-6,12H,(H,16,17). The molecule has 19 heavy (non-hydrogen) atoms. The summed E-state index contributed by atoms with van der Waals surface area (Å²) in [5, 5.41) is 4.50. The van der Waals surface area contributed by atoms with Crippen molar-refractivity contribution >= 4 is 57.3 Å². The first-order valence-electron chi connectivity index (χ1n) is 5.15. The van der Waals surface area contributed by atoms with E-state index in [1.807, 2.05) is 0 Å². The molecular weight excluding hydrogens is 403 g/mol. The van der Waals surface area contributed by atoms with Gasteiger partial charge < -0.3 is 5.32 Å². The van der Waals surface area contributed by atoms with Gasteiger partial charge in [0.1, 0.15) is 0 Å². The molecule has 100 valence electrons. The summed E-state index contributed by atoms with van der Waals surface area (Å²) < 4.78 is 25.3. The van der Waals surface area contributed by atoms with E-state index in [-0.39, 0.29) is 5.91 Å². The van der Waals surface area contributed by atoms with Crippen molar-refractivity contribution in [1.82, 2.24) is 0 Å². The third kappa shape index (κ3) is 4.43. The number of alkyl halides is 2. The average Bonchev–Trinajstić information content (AvgIpc) is 2.78. The summed E-state index contributed by atoms with van der Waals surface area (Å²) in [5.74, 6) is -2.64. The number of hydrogen-bond acceptors (Lipinski definition) is 3. The Kier molecular flexibility index (Phi) is 5.17. The number of hydrogen-bond donors (Lipinski definition) is 1. The van der Waals surface area contributed by atoms with E-state index in [4.69, 9.17) is 0 Å². The number of anilines is 1. The summed E-state index contributed by atoms with van der Waals surface area (Å²) >= 11 is 4.12. The Bertz CT molecular complexity index is 571. The summed E-state index contributed by atoms with van der Waals surface area (Å²) in [6.07, 6.45) is 0. The molecule has 0 aliphatic rings. The van der Waals surface area contributed by atoms with E-state index < -0.39 is 5.76 Å². The number of halogens is 3. The zero-order valence-electron chi connectivity index (χ0n) is 9.40. The molecule has 0 radical (unpaired) electrons. The lowest BCUT2D eigenvalue weighted by atomic mass is 10.3. The van der Waals surface area contributed by atoms with Gasteiger partial charge in [-0.05, 0) is 52.9 Å². The number of thiophene rings is 1. The molecule has 0 saturated carbocycles. The van der Waals surface area contributed by atoms with Crippen LogP contribution >= 0.6 is 45.7 Å². The summed E-state index contributed by atoms with van der Waals surface area (Å²) in [4.78, 5) is 12.3. The van der Waals surface area contributed by atoms with Crippen LogP contribution in [-0.4, -0.2) is 11.7 Å². The zero-order chi connectivity index (χ0) is 13.8. The van der Waals surface area contributed by atoms with Crippen LogP contribution in [0.5, 0.6) is 0 Å². The molecule has 1 aromatic heterocycles. The minimum Gasteiger partial charge on any atom is -0.322 e. The fraction of sp³-hybridized carbons (Fsp3) is 0.0833. The van der Waals surface area contributed by atoms with Crippen LogP contribution in [0.4, 0.5) is 14.5 Å². The molecule has 0 unspecified atom stereocenters. The van der Waals surface area contributed by atoms with Crippen molar-refractivity contribution in [2.45, 2.75) is 10.7 Å². The molecule has 0 aliphatic carbocycles. The summed E-state index contributed by atoms with van der Waals surface area (Å²) in [7, 11) is 0. The van der Waals surface area contributed by atoms with Crippen LogP contribution in [-0.2, 0) is 0 Å². The summed E-state index contributed by atoms with van der Waals surface area (Å²) in [6, 6.07) is 8.13. The molecule has 7 heteroatoms. The Morgan fingerprint density at radius 2 is 2.00 bits per heavy atom. The van der Waals surface area contributed by atoms with E-state index >= 15 is 0 Å². The minimum absolute atomic E-state index is 0.201. The largest absolute Gasteiger partial charge is 0.322 e. The van der Waals surface area contributed by atoms with E-state index in [0.29, 0.717) is 27.9 Å². The molecule has 2 aromatic rings. The highest BCUT2D eigenvalue weighted by Crippen LogP contribution is 2.26. The maximum Gasteiger partial charge on any atom is 0.288 e. The van der Waals surface area contributed by atoms with Gasteiger partial charge in [-0.15, -0.1) is 11.3 Å². The van der Waals surface area contributed by atoms with Gasteiger partial charge in [-0.3, -0.25) is 4.79 Å². The molecule has 2 nitrogen and oxygen atoms in total. The minimum atomic E-state index is -2.44. The molecular formula is C12H8F2INOS2. The fourth-order valence-electron chi connectivity index (χ4n) is 1.35. The fourth-order valence-corrected chi connectivity index (χ4v) is 3.18. The molecule has 1 amide bonds. The van der Waals surface area contributed by atoms with Gasteiger partial charge in [0.15, 0.2) is 0 Å². The number of carbonyl (C=O) groups excluding carboxylic acids is 1. The first-order valence-corrected chi connectivity index (χ1v) is 7.98. The first-order chi connectivity index (χ1) is 9.04. The topological polar surface area (TPSA) is 29.1 Å². The number of thioether (sulfide) groups is 1. The lowest BCUT2D eigenvalue weighted by Gasteiger charge is -2.05. The third-order valence-corrected chi connectivity index (χ3v) is 4.68. The maximum atomic E-state index is 12.1. The molecule has 1 aromatic carbocycles. The quantitative estimate of drug-likeness (QED) is 0.572. The molecule has 1 heterocycles. The lowest BCUT2D eigenvalue weighted by Crippen LogP contribution is -2.10. The van der Waals surface area contributed by atoms with Gasteiger partial charge in [0.05, 0.1) is 8.45 Å². The van der Waals surface area contributed by atoms with Gasteiger partial charge in [-0.1, -0.05) is 11.8 Å². The molecule has 0 fully saturated rings. The van der Waals surface area contributed by atoms with Crippen LogP contribution in [0.1, 0.15) is 10.4 Å². The van der Waals surface area contributed by atoms with Gasteiger partial charge in [-0.25, -0.2) is 0 Å². The number of benzene rings is 1. The molecule has 2 rings (SSSR count). The highest BCUT2D eigenvalue weighted by molar-refractivity contribution is 14.1. The van der Waals surface area contributed by atoms with Crippen LogP contribution in [0.15, 0.2) is 40.6 Å². The molecule has 0 spiro atoms. The lowest BCUT2D eigenvalue weighted by molar-refractivity contribution is 0.102. The SMILES string of the molecule is O=C(Nc1ccc(SC(F)F)cc1)c1csc(I)c1. The van der Waals surface area contributed by atoms with Crippen molar-refractivity contribution in [1.29, 1.82) is 0 Å². The van der Waals surface area contributed by atoms with Gasteiger partial charge in [0.25, 0.3) is 11.7 Å². The summed E-state index contributed by atoms with van der Waals surface area (Å²) in [5.41, 5.74) is 1.19. The second kappa shape index (κ2) is 6.67. The normalized spacial score (nSPS) is 10.7. The Balaban J connectivity index is 2.01. The Labute approximate surface area is 130 Å². The van der Waals surface area contributed by atoms with Crippen LogP contribution in [0, 0.1) is 2.88 Å². The monoisotopic (exact) mass is 411 g/mol. The van der Waals surface area contributed by atoms with Crippen molar-refractivity contribution in [3.8, 4) is 0 Å². The van der Waals surface area contributed by atoms with Crippen LogP contribution in [0.25, 0.3) is 0 Å². The van der Waals surface area contributed by atoms with E-state index in [1.165, 1.54) is 11.3 Å². The second-order valence-corrected chi connectivity index (χ2v) is 7.37. The Morgan fingerprint density at radius 3 is 2.53 bits per heavy atom. The highest BCUT2D eigenvalue weighted by Gasteiger charge is 2.09. The van der Waals surface area contributed by atoms with E-state index in [9.17, 15) is 13.6 Å². The average molecular weight is 411 g/mol. The zero-order valence-corrected chi connectivity index (χ0v) is 13.2. The molecule has 1 N–H and O–H groups in total. The highest BCUT2D eigenvalue weighted by atomic mass is 127. The molecule has 0 aliphatic heterocycles. The van der Waals surface area contributed by atoms with Crippen molar-refractivity contribution in [3.63, 3.8) is 0 Å². The van der Waals surface area contributed by atoms with Gasteiger partial charge >= 0.3 is 0 Å².